The second-order valence-electron chi connectivity index (χ2n) is 4.26. The van der Waals surface area contributed by atoms with Crippen LogP contribution in [-0.4, -0.2) is 11.1 Å². The molecule has 2 nitrogen and oxygen atoms in total. The molecule has 0 heterocycles. The summed E-state index contributed by atoms with van der Waals surface area (Å²) in [5.41, 5.74) is 3.09. The molecule has 0 aliphatic rings. The number of hydrogen-bond acceptors (Lipinski definition) is 1. The Morgan fingerprint density at radius 1 is 1.11 bits per heavy atom. The number of allylic oxidation sites excluding steroid dienone is 1. The van der Waals surface area contributed by atoms with Crippen LogP contribution < -0.4 is 0 Å². The molecule has 0 aliphatic heterocycles. The summed E-state index contributed by atoms with van der Waals surface area (Å²) in [6, 6.07) is 13.7. The molecule has 1 N–H and O–H groups in total. The fourth-order valence-corrected chi connectivity index (χ4v) is 1.88. The third-order valence-corrected chi connectivity index (χ3v) is 2.82. The molecule has 0 atom stereocenters. The predicted octanol–water partition coefficient (Wildman–Crippen LogP) is 3.98. The smallest absolute Gasteiger partial charge is 0.328 e. The molecule has 2 aromatic carbocycles. The van der Waals surface area contributed by atoms with Gasteiger partial charge in [0, 0.05) is 6.08 Å². The molecule has 0 aromatic heterocycles. The van der Waals surface area contributed by atoms with Crippen LogP contribution in [-0.2, 0) is 4.79 Å². The van der Waals surface area contributed by atoms with E-state index in [-0.39, 0.29) is 5.82 Å². The van der Waals surface area contributed by atoms with Gasteiger partial charge in [0.1, 0.15) is 5.82 Å². The lowest BCUT2D eigenvalue weighted by molar-refractivity contribution is -0.131. The molecule has 96 valence electrons. The summed E-state index contributed by atoms with van der Waals surface area (Å²) in [5.74, 6) is -1.27. The van der Waals surface area contributed by atoms with Crippen molar-refractivity contribution in [1.29, 1.82) is 0 Å². The van der Waals surface area contributed by atoms with E-state index in [4.69, 9.17) is 5.11 Å². The third-order valence-electron chi connectivity index (χ3n) is 2.82. The van der Waals surface area contributed by atoms with Crippen LogP contribution in [0.4, 0.5) is 4.39 Å². The molecule has 0 saturated heterocycles. The van der Waals surface area contributed by atoms with Crippen molar-refractivity contribution in [2.24, 2.45) is 0 Å². The van der Waals surface area contributed by atoms with Gasteiger partial charge >= 0.3 is 5.97 Å². The first kappa shape index (κ1) is 13.0. The Hall–Kier alpha value is -2.42. The Morgan fingerprint density at radius 2 is 1.74 bits per heavy atom. The summed E-state index contributed by atoms with van der Waals surface area (Å²) < 4.78 is 13.2. The lowest BCUT2D eigenvalue weighted by Crippen LogP contribution is -1.90. The monoisotopic (exact) mass is 256 g/mol. The summed E-state index contributed by atoms with van der Waals surface area (Å²) in [6.07, 6.45) is 1.16. The molecule has 19 heavy (non-hydrogen) atoms. The summed E-state index contributed by atoms with van der Waals surface area (Å²) >= 11 is 0. The molecule has 2 aromatic rings. The average Bonchev–Trinajstić information content (AvgIpc) is 2.38. The van der Waals surface area contributed by atoms with Gasteiger partial charge in [0.25, 0.3) is 0 Å². The maximum Gasteiger partial charge on any atom is 0.328 e. The first-order valence-electron chi connectivity index (χ1n) is 5.84. The van der Waals surface area contributed by atoms with Gasteiger partial charge in [-0.25, -0.2) is 9.18 Å². The van der Waals surface area contributed by atoms with Gasteiger partial charge in [0.15, 0.2) is 0 Å². The van der Waals surface area contributed by atoms with Gasteiger partial charge in [-0.2, -0.15) is 0 Å². The van der Waals surface area contributed by atoms with Crippen molar-refractivity contribution in [3.63, 3.8) is 0 Å². The van der Waals surface area contributed by atoms with Gasteiger partial charge in [-0.05, 0) is 47.4 Å². The molecule has 0 spiro atoms. The molecule has 0 unspecified atom stereocenters. The van der Waals surface area contributed by atoms with Crippen LogP contribution in [0.1, 0.15) is 12.5 Å². The van der Waals surface area contributed by atoms with Crippen molar-refractivity contribution in [2.45, 2.75) is 6.92 Å². The van der Waals surface area contributed by atoms with Gasteiger partial charge in [0.2, 0.25) is 0 Å². The van der Waals surface area contributed by atoms with Gasteiger partial charge < -0.3 is 5.11 Å². The van der Waals surface area contributed by atoms with Crippen LogP contribution in [0.3, 0.4) is 0 Å². The van der Waals surface area contributed by atoms with E-state index in [1.165, 1.54) is 12.1 Å². The van der Waals surface area contributed by atoms with Crippen LogP contribution >= 0.6 is 0 Å². The zero-order valence-corrected chi connectivity index (χ0v) is 10.4. The molecule has 0 saturated carbocycles. The number of carboxylic acids is 1. The number of benzene rings is 2. The molecule has 2 rings (SSSR count). The lowest BCUT2D eigenvalue weighted by Gasteiger charge is -2.06. The maximum atomic E-state index is 13.2. The Morgan fingerprint density at radius 3 is 2.37 bits per heavy atom. The molecule has 0 amide bonds. The highest BCUT2D eigenvalue weighted by Crippen LogP contribution is 2.24. The fourth-order valence-electron chi connectivity index (χ4n) is 1.88. The quantitative estimate of drug-likeness (QED) is 0.843. The lowest BCUT2D eigenvalue weighted by atomic mass is 9.99. The largest absolute Gasteiger partial charge is 0.478 e. The predicted molar refractivity (Wildman–Crippen MR) is 73.1 cm³/mol. The SMILES string of the molecule is C/C(=C\C(=O)O)c1cccc(-c2cccc(F)c2)c1. The fraction of sp³-hybridized carbons (Fsp3) is 0.0625. The van der Waals surface area contributed by atoms with E-state index in [0.717, 1.165) is 22.8 Å². The van der Waals surface area contributed by atoms with E-state index in [1.54, 1.807) is 13.0 Å². The molecule has 0 fully saturated rings. The normalized spacial score (nSPS) is 11.4. The minimum absolute atomic E-state index is 0.291. The molecule has 3 heteroatoms. The summed E-state index contributed by atoms with van der Waals surface area (Å²) in [7, 11) is 0. The summed E-state index contributed by atoms with van der Waals surface area (Å²) in [5, 5.41) is 8.74. The van der Waals surface area contributed by atoms with Crippen molar-refractivity contribution in [2.75, 3.05) is 0 Å². The highest BCUT2D eigenvalue weighted by molar-refractivity contribution is 5.90. The molecule has 0 bridgehead atoms. The number of halogens is 1. The van der Waals surface area contributed by atoms with E-state index in [9.17, 15) is 9.18 Å². The van der Waals surface area contributed by atoms with E-state index in [2.05, 4.69) is 0 Å². The summed E-state index contributed by atoms with van der Waals surface area (Å²) in [4.78, 5) is 10.7. The standard InChI is InChI=1S/C16H13FO2/c1-11(8-16(18)19)12-4-2-5-13(9-12)14-6-3-7-15(17)10-14/h2-10H,1H3,(H,18,19)/b11-8+. The number of rotatable bonds is 3. The Balaban J connectivity index is 2.42. The van der Waals surface area contributed by atoms with Gasteiger partial charge in [0.05, 0.1) is 0 Å². The van der Waals surface area contributed by atoms with E-state index in [0.29, 0.717) is 5.57 Å². The van der Waals surface area contributed by atoms with E-state index in [1.807, 2.05) is 30.3 Å². The Bertz CT molecular complexity index is 645. The third kappa shape index (κ3) is 3.28. The van der Waals surface area contributed by atoms with Crippen LogP contribution in [0.2, 0.25) is 0 Å². The van der Waals surface area contributed by atoms with Crippen LogP contribution in [0.15, 0.2) is 54.6 Å². The molecular formula is C16H13FO2. The average molecular weight is 256 g/mol. The minimum Gasteiger partial charge on any atom is -0.478 e. The number of aliphatic carboxylic acids is 1. The number of hydrogen-bond donors (Lipinski definition) is 1. The van der Waals surface area contributed by atoms with Gasteiger partial charge in [-0.1, -0.05) is 30.3 Å². The second-order valence-corrected chi connectivity index (χ2v) is 4.26. The second kappa shape index (κ2) is 5.48. The first-order valence-corrected chi connectivity index (χ1v) is 5.84. The van der Waals surface area contributed by atoms with Gasteiger partial charge in [-0.3, -0.25) is 0 Å². The van der Waals surface area contributed by atoms with Crippen LogP contribution in [0, 0.1) is 5.82 Å². The Kier molecular flexibility index (Phi) is 3.76. The van der Waals surface area contributed by atoms with E-state index < -0.39 is 5.97 Å². The molecular weight excluding hydrogens is 243 g/mol. The molecule has 0 radical (unpaired) electrons. The van der Waals surface area contributed by atoms with Crippen molar-refractivity contribution in [3.05, 3.63) is 66.0 Å². The Labute approximate surface area is 110 Å². The van der Waals surface area contributed by atoms with Gasteiger partial charge in [-0.15, -0.1) is 0 Å². The maximum absolute atomic E-state index is 13.2. The van der Waals surface area contributed by atoms with Crippen LogP contribution in [0.5, 0.6) is 0 Å². The van der Waals surface area contributed by atoms with Crippen molar-refractivity contribution >= 4 is 11.5 Å². The number of carboxylic acid groups (broad SMARTS) is 1. The highest BCUT2D eigenvalue weighted by atomic mass is 19.1. The number of carbonyl (C=O) groups is 1. The van der Waals surface area contributed by atoms with Crippen molar-refractivity contribution < 1.29 is 14.3 Å². The van der Waals surface area contributed by atoms with E-state index >= 15 is 0 Å². The van der Waals surface area contributed by atoms with Crippen molar-refractivity contribution in [1.82, 2.24) is 0 Å². The topological polar surface area (TPSA) is 37.3 Å². The summed E-state index contributed by atoms with van der Waals surface area (Å²) in [6.45, 7) is 1.73. The van der Waals surface area contributed by atoms with Crippen LogP contribution in [0.25, 0.3) is 16.7 Å². The zero-order chi connectivity index (χ0) is 13.8. The molecule has 0 aliphatic carbocycles. The first-order chi connectivity index (χ1) is 9.06. The highest BCUT2D eigenvalue weighted by Gasteiger charge is 2.03. The minimum atomic E-state index is -0.978. The zero-order valence-electron chi connectivity index (χ0n) is 10.4. The van der Waals surface area contributed by atoms with Crippen molar-refractivity contribution in [3.8, 4) is 11.1 Å².